The zero-order valence-corrected chi connectivity index (χ0v) is 15.3. The smallest absolute Gasteiger partial charge is 0.148 e. The average Bonchev–Trinajstić information content (AvgIpc) is 3.10. The van der Waals surface area contributed by atoms with Gasteiger partial charge in [0.25, 0.3) is 0 Å². The lowest BCUT2D eigenvalue weighted by molar-refractivity contribution is 0.120. The maximum absolute atomic E-state index is 10.7. The third-order valence-electron chi connectivity index (χ3n) is 4.86. The molecule has 4 rings (SSSR count). The van der Waals surface area contributed by atoms with Crippen LogP contribution >= 0.6 is 0 Å². The number of nitrogens with one attached hydrogen (secondary N) is 2. The SMILES string of the molecule is N#Cc1cccc(Nc2cc(N)cc(C(O)NC3Cc4ccccc4C3)n2)c1. The van der Waals surface area contributed by atoms with E-state index in [0.717, 1.165) is 18.5 Å². The summed E-state index contributed by atoms with van der Waals surface area (Å²) in [4.78, 5) is 4.49. The number of aliphatic hydroxyl groups excluding tert-OH is 1. The number of nitrogens with two attached hydrogens (primary N) is 1. The molecular weight excluding hydrogens is 350 g/mol. The number of pyridine rings is 1. The summed E-state index contributed by atoms with van der Waals surface area (Å²) < 4.78 is 0. The van der Waals surface area contributed by atoms with E-state index in [1.165, 1.54) is 11.1 Å². The minimum atomic E-state index is -0.922. The van der Waals surface area contributed by atoms with Crippen molar-refractivity contribution in [2.45, 2.75) is 25.1 Å². The highest BCUT2D eigenvalue weighted by Crippen LogP contribution is 2.25. The van der Waals surface area contributed by atoms with E-state index in [9.17, 15) is 5.11 Å². The molecule has 0 radical (unpaired) electrons. The first-order valence-electron chi connectivity index (χ1n) is 9.16. The largest absolute Gasteiger partial charge is 0.399 e. The quantitative estimate of drug-likeness (QED) is 0.514. The molecule has 0 amide bonds. The van der Waals surface area contributed by atoms with Crippen molar-refractivity contribution in [2.24, 2.45) is 0 Å². The fourth-order valence-corrected chi connectivity index (χ4v) is 3.58. The minimum absolute atomic E-state index is 0.152. The van der Waals surface area contributed by atoms with Gasteiger partial charge in [0, 0.05) is 23.5 Å². The topological polar surface area (TPSA) is 107 Å². The van der Waals surface area contributed by atoms with E-state index in [1.54, 1.807) is 30.3 Å². The predicted octanol–water partition coefficient (Wildman–Crippen LogP) is 3.03. The van der Waals surface area contributed by atoms with Crippen LogP contribution in [-0.2, 0) is 12.8 Å². The normalized spacial score (nSPS) is 14.3. The Kier molecular flexibility index (Phi) is 4.94. The zero-order valence-electron chi connectivity index (χ0n) is 15.3. The van der Waals surface area contributed by atoms with Crippen LogP contribution in [0.15, 0.2) is 60.7 Å². The summed E-state index contributed by atoms with van der Waals surface area (Å²) in [6, 6.07) is 21.0. The van der Waals surface area contributed by atoms with E-state index in [1.807, 2.05) is 18.2 Å². The summed E-state index contributed by atoms with van der Waals surface area (Å²) in [5.41, 5.74) is 10.9. The first-order chi connectivity index (χ1) is 13.6. The highest BCUT2D eigenvalue weighted by atomic mass is 16.3. The molecule has 140 valence electrons. The number of nitriles is 1. The number of fused-ring (bicyclic) bond motifs is 1. The molecule has 2 aromatic carbocycles. The Hall–Kier alpha value is -3.40. The van der Waals surface area contributed by atoms with Crippen LogP contribution < -0.4 is 16.4 Å². The highest BCUT2D eigenvalue weighted by Gasteiger charge is 2.24. The molecule has 1 aliphatic rings. The summed E-state index contributed by atoms with van der Waals surface area (Å²) in [5.74, 6) is 0.514. The van der Waals surface area contributed by atoms with Crippen molar-refractivity contribution in [1.29, 1.82) is 5.26 Å². The Morgan fingerprint density at radius 1 is 1.07 bits per heavy atom. The van der Waals surface area contributed by atoms with Gasteiger partial charge in [-0.2, -0.15) is 5.26 Å². The summed E-state index contributed by atoms with van der Waals surface area (Å²) in [6.45, 7) is 0. The minimum Gasteiger partial charge on any atom is -0.399 e. The van der Waals surface area contributed by atoms with Crippen molar-refractivity contribution >= 4 is 17.2 Å². The molecule has 1 aliphatic carbocycles. The number of anilines is 3. The van der Waals surface area contributed by atoms with Gasteiger partial charge in [-0.05, 0) is 48.2 Å². The number of hydrogen-bond donors (Lipinski definition) is 4. The van der Waals surface area contributed by atoms with E-state index >= 15 is 0 Å². The number of aromatic nitrogens is 1. The van der Waals surface area contributed by atoms with E-state index in [4.69, 9.17) is 11.0 Å². The Bertz CT molecular complexity index is 1020. The first-order valence-corrected chi connectivity index (χ1v) is 9.16. The standard InChI is InChI=1S/C22H21N5O/c23-13-14-4-3-7-18(8-14)25-21-12-17(24)11-20(27-21)22(28)26-19-9-15-5-1-2-6-16(15)10-19/h1-8,11-12,19,22,26,28H,9-10H2,(H3,24,25,27). The highest BCUT2D eigenvalue weighted by molar-refractivity contribution is 5.62. The summed E-state index contributed by atoms with van der Waals surface area (Å²) in [6.07, 6.45) is 0.831. The summed E-state index contributed by atoms with van der Waals surface area (Å²) in [5, 5.41) is 26.1. The number of nitrogen functional groups attached to an aromatic ring is 1. The fraction of sp³-hybridized carbons (Fsp3) is 0.182. The molecule has 5 N–H and O–H groups in total. The van der Waals surface area contributed by atoms with Crippen LogP contribution in [0.25, 0.3) is 0 Å². The molecule has 1 heterocycles. The summed E-state index contributed by atoms with van der Waals surface area (Å²) in [7, 11) is 0. The Labute approximate surface area is 163 Å². The van der Waals surface area contributed by atoms with E-state index in [2.05, 4.69) is 33.8 Å². The molecular formula is C22H21N5O. The van der Waals surface area contributed by atoms with Crippen molar-refractivity contribution < 1.29 is 5.11 Å². The molecule has 0 saturated carbocycles. The van der Waals surface area contributed by atoms with E-state index < -0.39 is 6.23 Å². The van der Waals surface area contributed by atoms with Gasteiger partial charge in [-0.1, -0.05) is 30.3 Å². The van der Waals surface area contributed by atoms with Gasteiger partial charge in [0.15, 0.2) is 0 Å². The van der Waals surface area contributed by atoms with E-state index in [-0.39, 0.29) is 6.04 Å². The molecule has 0 saturated heterocycles. The number of hydrogen-bond acceptors (Lipinski definition) is 6. The summed E-state index contributed by atoms with van der Waals surface area (Å²) >= 11 is 0. The molecule has 6 nitrogen and oxygen atoms in total. The van der Waals surface area contributed by atoms with Gasteiger partial charge in [-0.15, -0.1) is 0 Å². The van der Waals surface area contributed by atoms with Gasteiger partial charge in [0.05, 0.1) is 17.3 Å². The molecule has 28 heavy (non-hydrogen) atoms. The lowest BCUT2D eigenvalue weighted by Gasteiger charge is -2.19. The van der Waals surface area contributed by atoms with Crippen LogP contribution in [0, 0.1) is 11.3 Å². The monoisotopic (exact) mass is 371 g/mol. The Balaban J connectivity index is 1.48. The van der Waals surface area contributed by atoms with Gasteiger partial charge in [-0.25, -0.2) is 4.98 Å². The van der Waals surface area contributed by atoms with Crippen molar-refractivity contribution in [2.75, 3.05) is 11.1 Å². The van der Waals surface area contributed by atoms with Crippen LogP contribution in [0.2, 0.25) is 0 Å². The fourth-order valence-electron chi connectivity index (χ4n) is 3.58. The molecule has 6 heteroatoms. The maximum Gasteiger partial charge on any atom is 0.148 e. The molecule has 0 fully saturated rings. The molecule has 0 spiro atoms. The second kappa shape index (κ2) is 7.69. The maximum atomic E-state index is 10.7. The molecule has 1 unspecified atom stereocenters. The lowest BCUT2D eigenvalue weighted by Crippen LogP contribution is -2.33. The number of benzene rings is 2. The van der Waals surface area contributed by atoms with Crippen molar-refractivity contribution in [3.8, 4) is 6.07 Å². The van der Waals surface area contributed by atoms with Crippen LogP contribution in [0.5, 0.6) is 0 Å². The molecule has 0 bridgehead atoms. The van der Waals surface area contributed by atoms with Gasteiger partial charge >= 0.3 is 0 Å². The second-order valence-corrected chi connectivity index (χ2v) is 6.97. The number of nitrogens with zero attached hydrogens (tertiary/aromatic N) is 2. The zero-order chi connectivity index (χ0) is 19.5. The Morgan fingerprint density at radius 2 is 1.82 bits per heavy atom. The molecule has 1 atom stereocenters. The third kappa shape index (κ3) is 3.96. The van der Waals surface area contributed by atoms with Gasteiger partial charge in [0.2, 0.25) is 0 Å². The van der Waals surface area contributed by atoms with Crippen LogP contribution in [0.3, 0.4) is 0 Å². The van der Waals surface area contributed by atoms with Crippen LogP contribution in [-0.4, -0.2) is 16.1 Å². The second-order valence-electron chi connectivity index (χ2n) is 6.97. The van der Waals surface area contributed by atoms with Crippen molar-refractivity contribution in [3.05, 3.63) is 83.0 Å². The number of aliphatic hydroxyl groups is 1. The van der Waals surface area contributed by atoms with Crippen molar-refractivity contribution in [3.63, 3.8) is 0 Å². The van der Waals surface area contributed by atoms with Crippen molar-refractivity contribution in [1.82, 2.24) is 10.3 Å². The molecule has 1 aromatic heterocycles. The van der Waals surface area contributed by atoms with Gasteiger partial charge < -0.3 is 16.2 Å². The first kappa shape index (κ1) is 18.0. The van der Waals surface area contributed by atoms with Crippen LogP contribution in [0.4, 0.5) is 17.2 Å². The molecule has 0 aliphatic heterocycles. The predicted molar refractivity (Wildman–Crippen MR) is 109 cm³/mol. The van der Waals surface area contributed by atoms with E-state index in [0.29, 0.717) is 22.8 Å². The van der Waals surface area contributed by atoms with Gasteiger partial charge in [0.1, 0.15) is 12.0 Å². The third-order valence-corrected chi connectivity index (χ3v) is 4.86. The lowest BCUT2D eigenvalue weighted by atomic mass is 10.1. The number of rotatable bonds is 5. The van der Waals surface area contributed by atoms with Gasteiger partial charge in [-0.3, -0.25) is 5.32 Å². The van der Waals surface area contributed by atoms with Crippen LogP contribution in [0.1, 0.15) is 28.6 Å². The molecule has 3 aromatic rings. The average molecular weight is 371 g/mol. The Morgan fingerprint density at radius 3 is 2.54 bits per heavy atom.